The van der Waals surface area contributed by atoms with Crippen LogP contribution in [0.15, 0.2) is 40.2 Å². The fourth-order valence-electron chi connectivity index (χ4n) is 3.23. The molecule has 0 bridgehead atoms. The van der Waals surface area contributed by atoms with Crippen molar-refractivity contribution in [3.8, 4) is 5.75 Å². The highest BCUT2D eigenvalue weighted by Crippen LogP contribution is 2.34. The number of carboxylic acid groups (broad SMARTS) is 1. The van der Waals surface area contributed by atoms with Crippen molar-refractivity contribution in [3.63, 3.8) is 0 Å². The number of nitro groups is 1. The number of aryl methyl sites for hydroxylation is 2. The molecule has 0 radical (unpaired) electrons. The van der Waals surface area contributed by atoms with Gasteiger partial charge in [-0.1, -0.05) is 6.07 Å². The molecule has 2 heterocycles. The summed E-state index contributed by atoms with van der Waals surface area (Å²) in [6, 6.07) is 6.34. The van der Waals surface area contributed by atoms with Gasteiger partial charge in [0.25, 0.3) is 5.69 Å². The Morgan fingerprint density at radius 3 is 2.69 bits per heavy atom. The maximum Gasteiger partial charge on any atom is 0.346 e. The van der Waals surface area contributed by atoms with Gasteiger partial charge >= 0.3 is 16.1 Å². The summed E-state index contributed by atoms with van der Waals surface area (Å²) in [6.07, 6.45) is 0. The lowest BCUT2D eigenvalue weighted by molar-refractivity contribution is -0.388. The Morgan fingerprint density at radius 1 is 1.28 bits per heavy atom. The fourth-order valence-corrected chi connectivity index (χ4v) is 6.60. The van der Waals surface area contributed by atoms with E-state index in [1.165, 1.54) is 54.3 Å². The van der Waals surface area contributed by atoms with Crippen molar-refractivity contribution in [3.05, 3.63) is 56.6 Å². The summed E-state index contributed by atoms with van der Waals surface area (Å²) in [5, 5.41) is 21.6. The van der Waals surface area contributed by atoms with Crippen molar-refractivity contribution in [2.45, 2.75) is 24.8 Å². The molecule has 13 heteroatoms. The van der Waals surface area contributed by atoms with Crippen LogP contribution in [-0.4, -0.2) is 46.2 Å². The van der Waals surface area contributed by atoms with E-state index in [-0.39, 0.29) is 11.3 Å². The first-order valence-corrected chi connectivity index (χ1v) is 12.3. The molecule has 0 saturated carbocycles. The van der Waals surface area contributed by atoms with Crippen molar-refractivity contribution in [1.29, 1.82) is 0 Å². The lowest BCUT2D eigenvalue weighted by Crippen LogP contribution is -2.17. The molecule has 2 aromatic carbocycles. The van der Waals surface area contributed by atoms with E-state index in [1.54, 1.807) is 13.0 Å². The molecule has 0 amide bonds. The average molecular weight is 494 g/mol. The number of nitro benzene ring substituents is 1. The Kier molecular flexibility index (Phi) is 5.65. The highest BCUT2D eigenvalue weighted by molar-refractivity contribution is 8.15. The molecular weight excluding hydrogens is 478 g/mol. The van der Waals surface area contributed by atoms with Crippen LogP contribution in [0.5, 0.6) is 5.75 Å². The zero-order chi connectivity index (χ0) is 23.2. The molecule has 1 aliphatic heterocycles. The first kappa shape index (κ1) is 22.2. The average Bonchev–Trinajstić information content (AvgIpc) is 3.33. The molecule has 10 nitrogen and oxygen atoms in total. The second-order valence-electron chi connectivity index (χ2n) is 6.97. The largest absolute Gasteiger partial charge is 0.480 e. The van der Waals surface area contributed by atoms with Gasteiger partial charge in [-0.3, -0.25) is 15.1 Å². The van der Waals surface area contributed by atoms with Crippen molar-refractivity contribution < 1.29 is 27.4 Å². The van der Waals surface area contributed by atoms with E-state index in [4.69, 9.17) is 9.29 Å². The fraction of sp³-hybridized carbons (Fsp3) is 0.211. The number of carboxylic acids is 1. The van der Waals surface area contributed by atoms with Crippen LogP contribution in [-0.2, 0) is 14.9 Å². The number of aliphatic imine (C=N–C) groups is 1. The molecule has 0 saturated heterocycles. The Hall–Kier alpha value is -3.03. The summed E-state index contributed by atoms with van der Waals surface area (Å²) >= 11 is 2.51. The first-order valence-electron chi connectivity index (χ1n) is 9.09. The van der Waals surface area contributed by atoms with Gasteiger partial charge in [0.15, 0.2) is 10.9 Å². The zero-order valence-corrected chi connectivity index (χ0v) is 19.1. The van der Waals surface area contributed by atoms with Crippen LogP contribution in [0, 0.1) is 24.0 Å². The van der Waals surface area contributed by atoms with E-state index < -0.39 is 37.6 Å². The SMILES string of the molecule is Cc1cc(C)c(S(=O)(=O)Oc2ccc3nc(C4=N[C@@H](C(=O)O)CS4)sc3c2)c([N+](=O)[O-])c1. The van der Waals surface area contributed by atoms with Crippen LogP contribution in [0.2, 0.25) is 0 Å². The molecule has 166 valence electrons. The van der Waals surface area contributed by atoms with Crippen LogP contribution in [0.1, 0.15) is 16.1 Å². The van der Waals surface area contributed by atoms with Gasteiger partial charge in [0.2, 0.25) is 0 Å². The number of aromatic nitrogens is 1. The molecule has 4 rings (SSSR count). The highest BCUT2D eigenvalue weighted by atomic mass is 32.2. The minimum Gasteiger partial charge on any atom is -0.480 e. The number of aliphatic carboxylic acids is 1. The van der Waals surface area contributed by atoms with Gasteiger partial charge in [0.1, 0.15) is 15.8 Å². The Balaban J connectivity index is 1.68. The summed E-state index contributed by atoms with van der Waals surface area (Å²) in [5.74, 6) is -0.705. The van der Waals surface area contributed by atoms with Gasteiger partial charge in [-0.2, -0.15) is 8.42 Å². The van der Waals surface area contributed by atoms with Crippen molar-refractivity contribution in [1.82, 2.24) is 4.98 Å². The number of hydrogen-bond acceptors (Lipinski definition) is 10. The standard InChI is InChI=1S/C19H15N3O7S3/c1-9-5-10(2)16(14(6-9)22(25)26)32(27,28)29-11-3-4-12-15(7-11)31-18(20-12)17-21-13(8-30-17)19(23)24/h3-7,13H,8H2,1-2H3,(H,23,24)/t13-/m1/s1. The minimum absolute atomic E-state index is 0.0219. The molecule has 3 aromatic rings. The van der Waals surface area contributed by atoms with E-state index >= 15 is 0 Å². The van der Waals surface area contributed by atoms with Gasteiger partial charge < -0.3 is 9.29 Å². The molecule has 0 fully saturated rings. The van der Waals surface area contributed by atoms with Crippen molar-refractivity contribution >= 4 is 60.1 Å². The van der Waals surface area contributed by atoms with E-state index in [2.05, 4.69) is 9.98 Å². The third kappa shape index (κ3) is 4.18. The summed E-state index contributed by atoms with van der Waals surface area (Å²) in [5.41, 5.74) is 0.786. The number of thiazole rings is 1. The number of rotatable bonds is 6. The Labute approximate surface area is 190 Å². The zero-order valence-electron chi connectivity index (χ0n) is 16.6. The number of fused-ring (bicyclic) bond motifs is 1. The summed E-state index contributed by atoms with van der Waals surface area (Å²) in [6.45, 7) is 3.11. The van der Waals surface area contributed by atoms with E-state index in [0.29, 0.717) is 31.6 Å². The molecule has 32 heavy (non-hydrogen) atoms. The van der Waals surface area contributed by atoms with Crippen molar-refractivity contribution in [2.75, 3.05) is 5.75 Å². The second kappa shape index (κ2) is 8.15. The van der Waals surface area contributed by atoms with Crippen LogP contribution >= 0.6 is 23.1 Å². The molecule has 0 spiro atoms. The predicted molar refractivity (Wildman–Crippen MR) is 120 cm³/mol. The number of carbonyl (C=O) groups is 1. The van der Waals surface area contributed by atoms with E-state index in [9.17, 15) is 23.3 Å². The topological polar surface area (TPSA) is 149 Å². The van der Waals surface area contributed by atoms with E-state index in [0.717, 1.165) is 0 Å². The summed E-state index contributed by atoms with van der Waals surface area (Å²) in [7, 11) is -4.48. The highest BCUT2D eigenvalue weighted by Gasteiger charge is 2.31. The molecular formula is C19H15N3O7S3. The van der Waals surface area contributed by atoms with Gasteiger partial charge in [-0.25, -0.2) is 9.78 Å². The molecule has 1 aromatic heterocycles. The summed E-state index contributed by atoms with van der Waals surface area (Å²) < 4.78 is 31.6. The second-order valence-corrected chi connectivity index (χ2v) is 10.5. The lowest BCUT2D eigenvalue weighted by Gasteiger charge is -2.10. The van der Waals surface area contributed by atoms with Crippen LogP contribution < -0.4 is 4.18 Å². The van der Waals surface area contributed by atoms with Crippen molar-refractivity contribution in [2.24, 2.45) is 4.99 Å². The van der Waals surface area contributed by atoms with Gasteiger partial charge in [0.05, 0.1) is 15.1 Å². The number of nitrogens with zero attached hydrogens (tertiary/aromatic N) is 3. The quantitative estimate of drug-likeness (QED) is 0.309. The predicted octanol–water partition coefficient (Wildman–Crippen LogP) is 3.54. The number of thioether (sulfide) groups is 1. The Bertz CT molecular complexity index is 1410. The third-order valence-electron chi connectivity index (χ3n) is 4.53. The van der Waals surface area contributed by atoms with E-state index in [1.807, 2.05) is 0 Å². The number of benzene rings is 2. The third-order valence-corrected chi connectivity index (χ3v) is 8.18. The van der Waals surface area contributed by atoms with Gasteiger partial charge in [0, 0.05) is 17.9 Å². The maximum absolute atomic E-state index is 12.9. The molecule has 0 unspecified atom stereocenters. The van der Waals surface area contributed by atoms with Gasteiger partial charge in [-0.15, -0.1) is 23.1 Å². The summed E-state index contributed by atoms with van der Waals surface area (Å²) in [4.78, 5) is 29.9. The molecule has 0 aliphatic carbocycles. The smallest absolute Gasteiger partial charge is 0.346 e. The molecule has 1 aliphatic rings. The minimum atomic E-state index is -4.48. The number of hydrogen-bond donors (Lipinski definition) is 1. The van der Waals surface area contributed by atoms with Crippen LogP contribution in [0.3, 0.4) is 0 Å². The maximum atomic E-state index is 12.9. The van der Waals surface area contributed by atoms with Gasteiger partial charge in [-0.05, 0) is 37.1 Å². The first-order chi connectivity index (χ1) is 15.0. The molecule has 1 atom stereocenters. The van der Waals surface area contributed by atoms with Crippen LogP contribution in [0.25, 0.3) is 10.2 Å². The normalized spacial score (nSPS) is 16.2. The molecule has 1 N–H and O–H groups in total. The van der Waals surface area contributed by atoms with Crippen LogP contribution in [0.4, 0.5) is 5.69 Å². The lowest BCUT2D eigenvalue weighted by atomic mass is 10.1. The Morgan fingerprint density at radius 2 is 2.03 bits per heavy atom. The monoisotopic (exact) mass is 493 g/mol.